The van der Waals surface area contributed by atoms with Gasteiger partial charge in [-0.2, -0.15) is 17.8 Å². The first-order valence-electron chi connectivity index (χ1n) is 16.9. The van der Waals surface area contributed by atoms with Gasteiger partial charge in [-0.15, -0.1) is 0 Å². The maximum absolute atomic E-state index is 13.9. The SMILES string of the molecule is CC(C)(C)OC(=O)CN(Cc1ccc(C(=O)O[C@@H](Cc2c(Cl)c[n+]([O-])cc2Cl)c2ccc(OC(F)F)c(OCC3CC3)c2)cc1OCC1CC1)[SH](=O)=O. The zero-order chi connectivity index (χ0) is 38.4. The Hall–Kier alpha value is -3.92. The van der Waals surface area contributed by atoms with Crippen molar-refractivity contribution in [1.82, 2.24) is 4.31 Å². The van der Waals surface area contributed by atoms with Gasteiger partial charge in [0.15, 0.2) is 23.9 Å². The molecule has 53 heavy (non-hydrogen) atoms. The number of benzene rings is 2. The molecule has 0 bridgehead atoms. The van der Waals surface area contributed by atoms with Gasteiger partial charge < -0.3 is 28.9 Å². The molecule has 0 unspecified atom stereocenters. The van der Waals surface area contributed by atoms with Crippen LogP contribution in [0.15, 0.2) is 48.8 Å². The second kappa shape index (κ2) is 17.5. The maximum Gasteiger partial charge on any atom is 0.387 e. The summed E-state index contributed by atoms with van der Waals surface area (Å²) in [6.07, 6.45) is 4.73. The predicted molar refractivity (Wildman–Crippen MR) is 190 cm³/mol. The Labute approximate surface area is 317 Å². The van der Waals surface area contributed by atoms with E-state index in [9.17, 15) is 32.0 Å². The minimum Gasteiger partial charge on any atom is -0.619 e. The Balaban J connectivity index is 1.45. The number of esters is 2. The van der Waals surface area contributed by atoms with Gasteiger partial charge in [-0.3, -0.25) is 4.79 Å². The first-order chi connectivity index (χ1) is 25.0. The van der Waals surface area contributed by atoms with Crippen molar-refractivity contribution in [3.8, 4) is 17.2 Å². The standard InChI is InChI=1S/C36H40Cl2F2N2O10S/c1-36(2,3)52-33(43)18-42(53(46)47)15-25-9-8-24(13-30(25)48-19-21-4-5-21)34(44)50-31(14-26-27(37)16-41(45)17-28(26)38)23-10-11-29(51-35(39)40)32(12-23)49-20-22-6-7-22/h8-13,16-17,21-22,31,35,53H,4-7,14-15,18-20H2,1-3H3/t31-/m0/s1. The third-order valence-electron chi connectivity index (χ3n) is 8.21. The number of rotatable bonds is 18. The summed E-state index contributed by atoms with van der Waals surface area (Å²) in [7, 11) is -3.20. The monoisotopic (exact) mass is 800 g/mol. The van der Waals surface area contributed by atoms with Crippen molar-refractivity contribution in [1.29, 1.82) is 0 Å². The van der Waals surface area contributed by atoms with E-state index in [0.29, 0.717) is 28.4 Å². The lowest BCUT2D eigenvalue weighted by molar-refractivity contribution is -0.605. The normalized spacial score (nSPS) is 15.1. The minimum atomic E-state index is -3.20. The van der Waals surface area contributed by atoms with E-state index >= 15 is 0 Å². The van der Waals surface area contributed by atoms with Crippen LogP contribution in [0.5, 0.6) is 17.2 Å². The number of nitrogens with zero attached hydrogens (tertiary/aromatic N) is 2. The number of aromatic nitrogens is 1. The number of thiol groups is 1. The van der Waals surface area contributed by atoms with Crippen molar-refractivity contribution in [2.24, 2.45) is 11.8 Å². The van der Waals surface area contributed by atoms with Crippen LogP contribution < -0.4 is 18.9 Å². The Morgan fingerprint density at radius 2 is 1.57 bits per heavy atom. The smallest absolute Gasteiger partial charge is 0.387 e. The molecule has 0 amide bonds. The molecule has 2 aliphatic rings. The molecule has 1 aromatic heterocycles. The van der Waals surface area contributed by atoms with Crippen LogP contribution in [0.25, 0.3) is 0 Å². The fraction of sp³-hybridized carbons (Fsp3) is 0.472. The Morgan fingerprint density at radius 1 is 0.943 bits per heavy atom. The summed E-state index contributed by atoms with van der Waals surface area (Å²) in [5.41, 5.74) is 0.225. The van der Waals surface area contributed by atoms with Crippen molar-refractivity contribution in [3.63, 3.8) is 0 Å². The Bertz CT molecular complexity index is 1850. The van der Waals surface area contributed by atoms with E-state index < -0.39 is 47.7 Å². The minimum absolute atomic E-state index is 0.00386. The van der Waals surface area contributed by atoms with Gasteiger partial charge in [0, 0.05) is 24.1 Å². The molecule has 2 aromatic carbocycles. The molecule has 2 saturated carbocycles. The van der Waals surface area contributed by atoms with Gasteiger partial charge in [0.2, 0.25) is 10.9 Å². The molecule has 3 aromatic rings. The topological polar surface area (TPSA) is 145 Å². The molecule has 0 radical (unpaired) electrons. The van der Waals surface area contributed by atoms with E-state index in [0.717, 1.165) is 42.4 Å². The first kappa shape index (κ1) is 40.3. The van der Waals surface area contributed by atoms with Crippen LogP contribution in [-0.2, 0) is 38.1 Å². The molecule has 17 heteroatoms. The van der Waals surface area contributed by atoms with Crippen LogP contribution in [-0.4, -0.2) is 56.6 Å². The summed E-state index contributed by atoms with van der Waals surface area (Å²) < 4.78 is 80.1. The molecule has 5 rings (SSSR count). The summed E-state index contributed by atoms with van der Waals surface area (Å²) >= 11 is 12.8. The second-order valence-electron chi connectivity index (χ2n) is 14.0. The third kappa shape index (κ3) is 12.3. The summed E-state index contributed by atoms with van der Waals surface area (Å²) in [5, 5.41) is 12.0. The van der Waals surface area contributed by atoms with Gasteiger partial charge in [0.1, 0.15) is 34.0 Å². The zero-order valence-corrected chi connectivity index (χ0v) is 31.6. The molecule has 2 fully saturated rings. The van der Waals surface area contributed by atoms with Gasteiger partial charge >= 0.3 is 18.6 Å². The summed E-state index contributed by atoms with van der Waals surface area (Å²) in [6, 6.07) is 8.52. The summed E-state index contributed by atoms with van der Waals surface area (Å²) in [6.45, 7) is 1.72. The number of ether oxygens (including phenoxy) is 5. The second-order valence-corrected chi connectivity index (χ2v) is 15.8. The van der Waals surface area contributed by atoms with Gasteiger partial charge in [0.25, 0.3) is 0 Å². The lowest BCUT2D eigenvalue weighted by Crippen LogP contribution is -2.34. The van der Waals surface area contributed by atoms with E-state index in [4.69, 9.17) is 42.1 Å². The van der Waals surface area contributed by atoms with Crippen molar-refractivity contribution < 1.29 is 55.2 Å². The van der Waals surface area contributed by atoms with Crippen molar-refractivity contribution in [3.05, 3.63) is 86.3 Å². The molecule has 12 nitrogen and oxygen atoms in total. The molecular formula is C36H40Cl2F2N2O10S. The number of hydrogen-bond donors (Lipinski definition) is 1. The fourth-order valence-electron chi connectivity index (χ4n) is 5.19. The lowest BCUT2D eigenvalue weighted by Gasteiger charge is -2.23. The molecule has 0 saturated heterocycles. The number of pyridine rings is 1. The number of halogens is 4. The highest BCUT2D eigenvalue weighted by Gasteiger charge is 2.29. The lowest BCUT2D eigenvalue weighted by atomic mass is 10.0. The molecule has 288 valence electrons. The van der Waals surface area contributed by atoms with Crippen LogP contribution in [0.4, 0.5) is 8.78 Å². The molecule has 0 N–H and O–H groups in total. The molecule has 2 aliphatic carbocycles. The third-order valence-corrected chi connectivity index (χ3v) is 9.61. The van der Waals surface area contributed by atoms with Gasteiger partial charge in [-0.1, -0.05) is 35.3 Å². The fourth-order valence-corrected chi connectivity index (χ4v) is 6.29. The Kier molecular flexibility index (Phi) is 13.3. The van der Waals surface area contributed by atoms with Crippen molar-refractivity contribution >= 4 is 46.0 Å². The highest BCUT2D eigenvalue weighted by molar-refractivity contribution is 7.69. The van der Waals surface area contributed by atoms with Crippen LogP contribution in [0.2, 0.25) is 10.0 Å². The zero-order valence-electron chi connectivity index (χ0n) is 29.2. The van der Waals surface area contributed by atoms with Crippen molar-refractivity contribution in [2.75, 3.05) is 19.8 Å². The molecule has 0 spiro atoms. The van der Waals surface area contributed by atoms with Crippen LogP contribution in [0.1, 0.15) is 79.6 Å². The predicted octanol–water partition coefficient (Wildman–Crippen LogP) is 6.62. The molecule has 1 heterocycles. The van der Waals surface area contributed by atoms with Crippen molar-refractivity contribution in [2.45, 2.75) is 77.7 Å². The summed E-state index contributed by atoms with van der Waals surface area (Å²) in [4.78, 5) is 26.3. The van der Waals surface area contributed by atoms with E-state index in [-0.39, 0.29) is 63.9 Å². The summed E-state index contributed by atoms with van der Waals surface area (Å²) in [5.74, 6) is -0.941. The van der Waals surface area contributed by atoms with Crippen LogP contribution >= 0.6 is 23.2 Å². The van der Waals surface area contributed by atoms with Gasteiger partial charge in [-0.25, -0.2) is 13.2 Å². The first-order valence-corrected chi connectivity index (χ1v) is 18.8. The van der Waals surface area contributed by atoms with E-state index in [2.05, 4.69) is 4.74 Å². The number of carbonyl (C=O) groups excluding carboxylic acids is 2. The largest absolute Gasteiger partial charge is 0.619 e. The van der Waals surface area contributed by atoms with Gasteiger partial charge in [-0.05, 0) is 88.1 Å². The number of carbonyl (C=O) groups is 2. The van der Waals surface area contributed by atoms with Crippen LogP contribution in [0.3, 0.4) is 0 Å². The average molecular weight is 802 g/mol. The highest BCUT2D eigenvalue weighted by Crippen LogP contribution is 2.38. The quantitative estimate of drug-likeness (QED) is 0.0646. The van der Waals surface area contributed by atoms with Crippen LogP contribution in [0, 0.1) is 17.0 Å². The number of alkyl halides is 2. The molecule has 0 aliphatic heterocycles. The van der Waals surface area contributed by atoms with Gasteiger partial charge in [0.05, 0.1) is 18.8 Å². The van der Waals surface area contributed by atoms with E-state index in [1.165, 1.54) is 36.4 Å². The highest BCUT2D eigenvalue weighted by atomic mass is 35.5. The van der Waals surface area contributed by atoms with E-state index in [1.807, 2.05) is 0 Å². The molecular weight excluding hydrogens is 761 g/mol. The maximum atomic E-state index is 13.9. The molecule has 1 atom stereocenters. The Morgan fingerprint density at radius 3 is 2.13 bits per heavy atom. The average Bonchev–Trinajstić information content (AvgIpc) is 3.99. The van der Waals surface area contributed by atoms with E-state index in [1.54, 1.807) is 20.8 Å². The number of hydrogen-bond acceptors (Lipinski definition) is 10.